The third-order valence-electron chi connectivity index (χ3n) is 15.3. The second-order valence-electron chi connectivity index (χ2n) is 16.8. The van der Waals surface area contributed by atoms with Crippen molar-refractivity contribution in [2.24, 2.45) is 57.2 Å². The van der Waals surface area contributed by atoms with Crippen LogP contribution < -0.4 is 0 Å². The van der Waals surface area contributed by atoms with E-state index in [1.807, 2.05) is 13.0 Å². The number of Topliss-reactive ketones (excluding diaryl/α,β-unsaturated/α-hetero) is 2. The van der Waals surface area contributed by atoms with Crippen LogP contribution in [0.4, 0.5) is 0 Å². The van der Waals surface area contributed by atoms with E-state index in [0.29, 0.717) is 46.6 Å². The Morgan fingerprint density at radius 1 is 0.643 bits per heavy atom. The lowest BCUT2D eigenvalue weighted by molar-refractivity contribution is -0.139. The zero-order valence-corrected chi connectivity index (χ0v) is 26.6. The molecule has 6 saturated carbocycles. The van der Waals surface area contributed by atoms with Gasteiger partial charge in [0.15, 0.2) is 5.78 Å². The first-order valence-corrected chi connectivity index (χ1v) is 17.5. The summed E-state index contributed by atoms with van der Waals surface area (Å²) in [6.45, 7) is 9.18. The molecule has 0 aliphatic heterocycles. The Labute approximate surface area is 252 Å². The monoisotopic (exact) mass is 572 g/mol. The minimum Gasteiger partial charge on any atom is -0.299 e. The molecule has 228 valence electrons. The molecule has 0 aromatic carbocycles. The van der Waals surface area contributed by atoms with Crippen molar-refractivity contribution in [3.8, 4) is 0 Å². The topological polar surface area (TPSA) is 68.3 Å². The summed E-state index contributed by atoms with van der Waals surface area (Å²) in [5.41, 5.74) is 2.85. The Balaban J connectivity index is 0.000000137. The number of fused-ring (bicyclic) bond motifs is 10. The molecule has 1 unspecified atom stereocenters. The van der Waals surface area contributed by atoms with Crippen molar-refractivity contribution in [3.05, 3.63) is 23.3 Å². The van der Waals surface area contributed by atoms with Crippen molar-refractivity contribution in [2.45, 2.75) is 130 Å². The van der Waals surface area contributed by atoms with Gasteiger partial charge in [0.05, 0.1) is 5.41 Å². The highest BCUT2D eigenvalue weighted by molar-refractivity contribution is 6.46. The quantitative estimate of drug-likeness (QED) is 0.275. The van der Waals surface area contributed by atoms with Crippen LogP contribution in [-0.2, 0) is 19.2 Å². The second kappa shape index (κ2) is 9.83. The van der Waals surface area contributed by atoms with Gasteiger partial charge in [0.25, 0.3) is 0 Å². The Bertz CT molecular complexity index is 1290. The van der Waals surface area contributed by atoms with E-state index < -0.39 is 5.41 Å². The fourth-order valence-corrected chi connectivity index (χ4v) is 12.7. The molecule has 10 atom stereocenters. The first kappa shape index (κ1) is 28.9. The van der Waals surface area contributed by atoms with E-state index in [9.17, 15) is 19.2 Å². The molecule has 0 bridgehead atoms. The van der Waals surface area contributed by atoms with Crippen LogP contribution in [0.25, 0.3) is 0 Å². The highest BCUT2D eigenvalue weighted by Gasteiger charge is 2.60. The molecule has 4 nitrogen and oxygen atoms in total. The van der Waals surface area contributed by atoms with Crippen LogP contribution in [0.1, 0.15) is 130 Å². The number of carbonyl (C=O) groups is 4. The fraction of sp³-hybridized carbons (Fsp3) is 0.789. The molecule has 0 amide bonds. The predicted molar refractivity (Wildman–Crippen MR) is 163 cm³/mol. The number of carbonyl (C=O) groups excluding carboxylic acids is 4. The van der Waals surface area contributed by atoms with E-state index in [4.69, 9.17) is 0 Å². The molecule has 8 rings (SSSR count). The summed E-state index contributed by atoms with van der Waals surface area (Å²) in [5.74, 6) is 4.60. The summed E-state index contributed by atoms with van der Waals surface area (Å²) < 4.78 is 0. The van der Waals surface area contributed by atoms with Gasteiger partial charge in [-0.2, -0.15) is 0 Å². The Kier molecular flexibility index (Phi) is 6.77. The lowest BCUT2D eigenvalue weighted by atomic mass is 9.46. The van der Waals surface area contributed by atoms with Crippen molar-refractivity contribution in [1.29, 1.82) is 0 Å². The Morgan fingerprint density at radius 3 is 2.21 bits per heavy atom. The van der Waals surface area contributed by atoms with E-state index in [1.165, 1.54) is 62.5 Å². The average molecular weight is 573 g/mol. The summed E-state index contributed by atoms with van der Waals surface area (Å²) >= 11 is 0. The molecular weight excluding hydrogens is 520 g/mol. The van der Waals surface area contributed by atoms with Crippen molar-refractivity contribution in [2.75, 3.05) is 0 Å². The van der Waals surface area contributed by atoms with Gasteiger partial charge in [-0.3, -0.25) is 19.2 Å². The second-order valence-corrected chi connectivity index (χ2v) is 16.8. The highest BCUT2D eigenvalue weighted by Crippen LogP contribution is 2.65. The maximum atomic E-state index is 12.4. The van der Waals surface area contributed by atoms with Gasteiger partial charge in [-0.15, -0.1) is 0 Å². The molecule has 8 aliphatic rings. The zero-order valence-electron chi connectivity index (χ0n) is 26.6. The van der Waals surface area contributed by atoms with Crippen LogP contribution >= 0.6 is 0 Å². The molecule has 0 saturated heterocycles. The summed E-state index contributed by atoms with van der Waals surface area (Å²) in [6, 6.07) is 0. The van der Waals surface area contributed by atoms with Gasteiger partial charge in [0, 0.05) is 18.3 Å². The molecule has 8 aliphatic carbocycles. The summed E-state index contributed by atoms with van der Waals surface area (Å²) in [4.78, 5) is 48.4. The van der Waals surface area contributed by atoms with Gasteiger partial charge < -0.3 is 0 Å². The normalized spacial score (nSPS) is 49.2. The molecule has 0 N–H and O–H groups in total. The Morgan fingerprint density at radius 2 is 1.40 bits per heavy atom. The lowest BCUT2D eigenvalue weighted by Gasteiger charge is -2.58. The van der Waals surface area contributed by atoms with Gasteiger partial charge in [-0.25, -0.2) is 0 Å². The fourth-order valence-electron chi connectivity index (χ4n) is 12.7. The van der Waals surface area contributed by atoms with Crippen LogP contribution in [0.3, 0.4) is 0 Å². The van der Waals surface area contributed by atoms with E-state index in [2.05, 4.69) is 20.8 Å². The van der Waals surface area contributed by atoms with Crippen molar-refractivity contribution < 1.29 is 19.2 Å². The van der Waals surface area contributed by atoms with Crippen molar-refractivity contribution >= 4 is 23.1 Å². The van der Waals surface area contributed by atoms with Crippen molar-refractivity contribution in [1.82, 2.24) is 0 Å². The first-order chi connectivity index (χ1) is 19.9. The van der Waals surface area contributed by atoms with Crippen LogP contribution in [0.15, 0.2) is 23.3 Å². The van der Waals surface area contributed by atoms with Gasteiger partial charge in [0.2, 0.25) is 11.6 Å². The lowest BCUT2D eigenvalue weighted by Crippen LogP contribution is -2.50. The summed E-state index contributed by atoms with van der Waals surface area (Å²) in [7, 11) is 0. The highest BCUT2D eigenvalue weighted by atomic mass is 16.2. The van der Waals surface area contributed by atoms with Gasteiger partial charge >= 0.3 is 0 Å². The Hall–Kier alpha value is -1.84. The smallest absolute Gasteiger partial charge is 0.222 e. The SMILES string of the molecule is C[C@]12CCC(=O)C=C1CC[C@@H]1[C@@H]2CC[C@]2(C)C(=O)CC[C@@H]12.C[C@]12CC[C@H]3[C@@H](CCC4CCCC[C@@]43C)C1=CC(=O)C2=O. The molecule has 42 heavy (non-hydrogen) atoms. The molecule has 6 fully saturated rings. The number of allylic oxidation sites excluding steroid dienone is 3. The number of hydrogen-bond donors (Lipinski definition) is 0. The van der Waals surface area contributed by atoms with E-state index in [1.54, 1.807) is 6.08 Å². The number of ketones is 4. The van der Waals surface area contributed by atoms with E-state index in [-0.39, 0.29) is 22.4 Å². The van der Waals surface area contributed by atoms with Crippen LogP contribution in [0.2, 0.25) is 0 Å². The van der Waals surface area contributed by atoms with Gasteiger partial charge in [-0.1, -0.05) is 39.2 Å². The predicted octanol–water partition coefficient (Wildman–Crippen LogP) is 8.17. The number of rotatable bonds is 0. The van der Waals surface area contributed by atoms with Crippen LogP contribution in [0.5, 0.6) is 0 Å². The maximum absolute atomic E-state index is 12.4. The number of hydrogen-bond acceptors (Lipinski definition) is 4. The molecule has 0 heterocycles. The van der Waals surface area contributed by atoms with Crippen LogP contribution in [0, 0.1) is 57.2 Å². The summed E-state index contributed by atoms with van der Waals surface area (Å²) in [6.07, 6.45) is 22.0. The molecule has 0 aromatic rings. The zero-order chi connectivity index (χ0) is 29.7. The van der Waals surface area contributed by atoms with Crippen LogP contribution in [-0.4, -0.2) is 23.1 Å². The molecule has 4 heteroatoms. The summed E-state index contributed by atoms with van der Waals surface area (Å²) in [5, 5.41) is 0. The average Bonchev–Trinajstić information content (AvgIpc) is 3.40. The minimum absolute atomic E-state index is 0.0246. The molecule has 0 radical (unpaired) electrons. The van der Waals surface area contributed by atoms with Gasteiger partial charge in [0.1, 0.15) is 5.78 Å². The standard InChI is InChI=1S/2C19H26O2/c1-18-9-7-13(20)11-12(18)3-4-14-15-5-6-17(21)19(15,2)10-8-16(14)18;1-18-9-4-3-5-12(18)6-7-13-14(18)8-10-19(2)15(13)11-16(20)17(19)21/h11,14-16H,3-10H2,1-2H3;11-14H,3-10H2,1-2H3/t14-,15-,16-,18-,19-;12?,13-,14+,18+,19+/m01/s1. The minimum atomic E-state index is -0.448. The molecular formula is C38H52O4. The van der Waals surface area contributed by atoms with Crippen molar-refractivity contribution in [3.63, 3.8) is 0 Å². The third kappa shape index (κ3) is 3.97. The third-order valence-corrected chi connectivity index (χ3v) is 15.3. The molecule has 0 spiro atoms. The maximum Gasteiger partial charge on any atom is 0.222 e. The van der Waals surface area contributed by atoms with E-state index in [0.717, 1.165) is 57.3 Å². The molecule has 0 aromatic heterocycles. The first-order valence-electron chi connectivity index (χ1n) is 17.5. The largest absolute Gasteiger partial charge is 0.299 e. The van der Waals surface area contributed by atoms with E-state index >= 15 is 0 Å². The van der Waals surface area contributed by atoms with Gasteiger partial charge in [-0.05, 0) is 148 Å².